The van der Waals surface area contributed by atoms with Crippen molar-refractivity contribution in [3.05, 3.63) is 30.6 Å². The topological polar surface area (TPSA) is 91.8 Å². The van der Waals surface area contributed by atoms with E-state index in [0.29, 0.717) is 21.8 Å². The Balaban J connectivity index is 2.23. The van der Waals surface area contributed by atoms with Gasteiger partial charge in [-0.2, -0.15) is 10.2 Å². The first kappa shape index (κ1) is 11.8. The van der Waals surface area contributed by atoms with Crippen LogP contribution >= 0.6 is 0 Å². The van der Waals surface area contributed by atoms with Crippen LogP contribution < -0.4 is 0 Å². The highest BCUT2D eigenvalue weighted by Crippen LogP contribution is 2.28. The van der Waals surface area contributed by atoms with Crippen LogP contribution in [0.3, 0.4) is 0 Å². The summed E-state index contributed by atoms with van der Waals surface area (Å²) in [5, 5.41) is 17.0. The fourth-order valence-corrected chi connectivity index (χ4v) is 2.61. The lowest BCUT2D eigenvalue weighted by Gasteiger charge is -2.04. The lowest BCUT2D eigenvalue weighted by Crippen LogP contribution is -1.93. The third-order valence-electron chi connectivity index (χ3n) is 2.72. The second-order valence-corrected chi connectivity index (χ2v) is 5.36. The molecule has 2 aromatic heterocycles. The molecule has 3 rings (SSSR count). The maximum absolute atomic E-state index is 11.7. The van der Waals surface area contributed by atoms with Crippen LogP contribution in [-0.4, -0.2) is 35.7 Å². The van der Waals surface area contributed by atoms with Gasteiger partial charge in [0.25, 0.3) is 0 Å². The quantitative estimate of drug-likeness (QED) is 0.738. The Labute approximate surface area is 111 Å². The number of benzene rings is 1. The largest absolute Gasteiger partial charge is 0.508 e. The number of nitrogens with one attached hydrogen (secondary N) is 1. The van der Waals surface area contributed by atoms with Gasteiger partial charge in [0.15, 0.2) is 0 Å². The van der Waals surface area contributed by atoms with E-state index in [2.05, 4.69) is 20.2 Å². The van der Waals surface area contributed by atoms with Crippen molar-refractivity contribution >= 4 is 21.8 Å². The van der Waals surface area contributed by atoms with E-state index in [0.717, 1.165) is 5.52 Å². The van der Waals surface area contributed by atoms with Gasteiger partial charge in [0.05, 0.1) is 33.6 Å². The monoisotopic (exact) mass is 274 g/mol. The van der Waals surface area contributed by atoms with E-state index in [1.165, 1.54) is 12.1 Å². The van der Waals surface area contributed by atoms with E-state index >= 15 is 0 Å². The number of imidazole rings is 1. The van der Waals surface area contributed by atoms with Crippen LogP contribution in [0.25, 0.3) is 22.4 Å². The van der Waals surface area contributed by atoms with Gasteiger partial charge in [-0.3, -0.25) is 4.21 Å². The minimum Gasteiger partial charge on any atom is -0.508 e. The summed E-state index contributed by atoms with van der Waals surface area (Å²) >= 11 is 0. The zero-order valence-corrected chi connectivity index (χ0v) is 10.8. The first-order chi connectivity index (χ1) is 9.15. The minimum atomic E-state index is -1.22. The van der Waals surface area contributed by atoms with Crippen LogP contribution in [-0.2, 0) is 10.8 Å². The molecular formula is C12H10N4O2S. The summed E-state index contributed by atoms with van der Waals surface area (Å²) in [4.78, 5) is 8.01. The number of aromatic amines is 1. The molecule has 0 spiro atoms. The molecule has 2 N–H and O–H groups in total. The van der Waals surface area contributed by atoms with Gasteiger partial charge >= 0.3 is 0 Å². The smallest absolute Gasteiger partial charge is 0.139 e. The highest BCUT2D eigenvalue weighted by atomic mass is 32.2. The van der Waals surface area contributed by atoms with Crippen LogP contribution in [0.2, 0.25) is 0 Å². The second-order valence-electron chi connectivity index (χ2n) is 4.01. The van der Waals surface area contributed by atoms with Gasteiger partial charge in [-0.05, 0) is 18.2 Å². The highest BCUT2D eigenvalue weighted by Gasteiger charge is 2.13. The zero-order chi connectivity index (χ0) is 13.4. The Morgan fingerprint density at radius 3 is 2.79 bits per heavy atom. The van der Waals surface area contributed by atoms with Crippen molar-refractivity contribution in [3.8, 4) is 17.1 Å². The van der Waals surface area contributed by atoms with Gasteiger partial charge < -0.3 is 10.1 Å². The lowest BCUT2D eigenvalue weighted by molar-refractivity contribution is 0.473. The number of phenolic OH excluding ortho intramolecular Hbond substituents is 1. The molecule has 0 bridgehead atoms. The molecule has 6 nitrogen and oxygen atoms in total. The maximum atomic E-state index is 11.7. The van der Waals surface area contributed by atoms with Crippen molar-refractivity contribution in [1.29, 1.82) is 0 Å². The Hall–Kier alpha value is -2.28. The van der Waals surface area contributed by atoms with E-state index in [4.69, 9.17) is 0 Å². The molecule has 0 aliphatic carbocycles. The molecular weight excluding hydrogens is 264 g/mol. The molecule has 0 saturated carbocycles. The number of H-pyrrole nitrogens is 1. The summed E-state index contributed by atoms with van der Waals surface area (Å²) in [5.74, 6) is 0.656. The summed E-state index contributed by atoms with van der Waals surface area (Å²) in [6.07, 6.45) is 4.69. The molecule has 1 unspecified atom stereocenters. The Morgan fingerprint density at radius 2 is 2.05 bits per heavy atom. The molecule has 2 heterocycles. The molecule has 3 aromatic rings. The van der Waals surface area contributed by atoms with E-state index in [1.807, 2.05) is 0 Å². The molecule has 0 fully saturated rings. The van der Waals surface area contributed by atoms with Crippen LogP contribution in [0.15, 0.2) is 35.5 Å². The van der Waals surface area contributed by atoms with Crippen molar-refractivity contribution in [3.63, 3.8) is 0 Å². The van der Waals surface area contributed by atoms with E-state index < -0.39 is 10.8 Å². The molecule has 7 heteroatoms. The molecule has 1 aromatic carbocycles. The van der Waals surface area contributed by atoms with Crippen LogP contribution in [0.4, 0.5) is 0 Å². The van der Waals surface area contributed by atoms with Gasteiger partial charge in [-0.15, -0.1) is 0 Å². The van der Waals surface area contributed by atoms with Crippen LogP contribution in [0.5, 0.6) is 5.75 Å². The summed E-state index contributed by atoms with van der Waals surface area (Å²) in [7, 11) is -1.22. The number of hydrogen-bond acceptors (Lipinski definition) is 5. The number of aromatic hydroxyl groups is 1. The molecule has 0 aliphatic rings. The normalized spacial score (nSPS) is 12.7. The Morgan fingerprint density at radius 1 is 1.26 bits per heavy atom. The average molecular weight is 274 g/mol. The zero-order valence-electron chi connectivity index (χ0n) is 9.99. The summed E-state index contributed by atoms with van der Waals surface area (Å²) in [6, 6.07) is 4.70. The highest BCUT2D eigenvalue weighted by molar-refractivity contribution is 7.84. The fourth-order valence-electron chi connectivity index (χ4n) is 1.85. The van der Waals surface area contributed by atoms with Gasteiger partial charge in [0.2, 0.25) is 0 Å². The van der Waals surface area contributed by atoms with Gasteiger partial charge in [0, 0.05) is 11.8 Å². The molecule has 0 amide bonds. The number of hydrogen-bond donors (Lipinski definition) is 2. The lowest BCUT2D eigenvalue weighted by atomic mass is 10.2. The first-order valence-electron chi connectivity index (χ1n) is 5.48. The van der Waals surface area contributed by atoms with Gasteiger partial charge in [-0.1, -0.05) is 0 Å². The third kappa shape index (κ3) is 2.08. The summed E-state index contributed by atoms with van der Waals surface area (Å²) < 4.78 is 11.7. The van der Waals surface area contributed by atoms with Gasteiger partial charge in [0.1, 0.15) is 17.1 Å². The van der Waals surface area contributed by atoms with Crippen molar-refractivity contribution in [2.45, 2.75) is 4.90 Å². The van der Waals surface area contributed by atoms with E-state index in [1.54, 1.807) is 24.7 Å². The van der Waals surface area contributed by atoms with Crippen LogP contribution in [0, 0.1) is 0 Å². The van der Waals surface area contributed by atoms with Crippen molar-refractivity contribution < 1.29 is 9.32 Å². The van der Waals surface area contributed by atoms with Crippen LogP contribution in [0.1, 0.15) is 0 Å². The summed E-state index contributed by atoms with van der Waals surface area (Å²) in [6.45, 7) is 0. The standard InChI is InChI=1S/C12H10N4O2S/c1-19(18)11-4-7(17)2-3-8(11)12-15-9-5-13-14-6-10(9)16-12/h2-6,17H,1H3,(H,15,16). The van der Waals surface area contributed by atoms with Crippen molar-refractivity contribution in [1.82, 2.24) is 20.2 Å². The fraction of sp³-hybridized carbons (Fsp3) is 0.0833. The Bertz CT molecular complexity index is 751. The average Bonchev–Trinajstić information content (AvgIpc) is 2.82. The minimum absolute atomic E-state index is 0.0772. The molecule has 0 radical (unpaired) electrons. The van der Waals surface area contributed by atoms with E-state index in [-0.39, 0.29) is 5.75 Å². The molecule has 96 valence electrons. The number of phenols is 1. The predicted octanol–water partition coefficient (Wildman–Crippen LogP) is 1.46. The maximum Gasteiger partial charge on any atom is 0.139 e. The summed E-state index contributed by atoms with van der Waals surface area (Å²) in [5.41, 5.74) is 2.13. The predicted molar refractivity (Wildman–Crippen MR) is 71.1 cm³/mol. The van der Waals surface area contributed by atoms with E-state index in [9.17, 15) is 9.32 Å². The van der Waals surface area contributed by atoms with Crippen molar-refractivity contribution in [2.75, 3.05) is 6.26 Å². The SMILES string of the molecule is CS(=O)c1cc(O)ccc1-c1nc2cnncc2[nH]1. The third-order valence-corrected chi connectivity index (χ3v) is 3.68. The first-order valence-corrected chi connectivity index (χ1v) is 7.04. The Kier molecular flexibility index (Phi) is 2.75. The second kappa shape index (κ2) is 4.43. The number of aromatic nitrogens is 4. The molecule has 0 saturated heterocycles. The molecule has 19 heavy (non-hydrogen) atoms. The molecule has 0 aliphatic heterocycles. The number of rotatable bonds is 2. The van der Waals surface area contributed by atoms with Gasteiger partial charge in [-0.25, -0.2) is 4.98 Å². The van der Waals surface area contributed by atoms with Crippen molar-refractivity contribution in [2.24, 2.45) is 0 Å². The number of nitrogens with zero attached hydrogens (tertiary/aromatic N) is 3. The number of fused-ring (bicyclic) bond motifs is 1. The molecule has 1 atom stereocenters.